The largest absolute Gasteiger partial charge is 0.573 e. The van der Waals surface area contributed by atoms with Gasteiger partial charge in [-0.3, -0.25) is 0 Å². The number of benzene rings is 1. The van der Waals surface area contributed by atoms with Crippen molar-refractivity contribution in [3.63, 3.8) is 0 Å². The Bertz CT molecular complexity index is 364. The second kappa shape index (κ2) is 3.93. The number of halogens is 4. The van der Waals surface area contributed by atoms with Crippen LogP contribution in [-0.4, -0.2) is 11.5 Å². The van der Waals surface area contributed by atoms with E-state index in [1.54, 1.807) is 0 Å². The van der Waals surface area contributed by atoms with Crippen LogP contribution in [0.5, 0.6) is 5.75 Å². The van der Waals surface area contributed by atoms with Crippen LogP contribution in [0.3, 0.4) is 0 Å². The van der Waals surface area contributed by atoms with E-state index < -0.39 is 30.2 Å². The van der Waals surface area contributed by atoms with Gasteiger partial charge in [0.1, 0.15) is 5.82 Å². The summed E-state index contributed by atoms with van der Waals surface area (Å²) >= 11 is 0. The van der Waals surface area contributed by atoms with Crippen molar-refractivity contribution in [2.45, 2.75) is 13.0 Å². The molecule has 84 valence electrons. The second-order valence-electron chi connectivity index (χ2n) is 2.69. The molecular weight excluding hydrogens is 218 g/mol. The van der Waals surface area contributed by atoms with Crippen LogP contribution in [-0.2, 0) is 6.61 Å². The van der Waals surface area contributed by atoms with Crippen LogP contribution in [0.2, 0.25) is 0 Å². The van der Waals surface area contributed by atoms with E-state index in [4.69, 9.17) is 10.8 Å². The average molecular weight is 225 g/mol. The van der Waals surface area contributed by atoms with Crippen LogP contribution in [0.1, 0.15) is 5.56 Å². The van der Waals surface area contributed by atoms with Crippen molar-refractivity contribution in [2.24, 2.45) is 0 Å². The molecule has 3 N–H and O–H groups in total. The van der Waals surface area contributed by atoms with Crippen LogP contribution in [0.4, 0.5) is 23.2 Å². The predicted molar refractivity (Wildman–Crippen MR) is 43.4 cm³/mol. The van der Waals surface area contributed by atoms with Gasteiger partial charge >= 0.3 is 6.36 Å². The van der Waals surface area contributed by atoms with Crippen molar-refractivity contribution < 1.29 is 27.4 Å². The maximum Gasteiger partial charge on any atom is 0.573 e. The van der Waals surface area contributed by atoms with Crippen molar-refractivity contribution in [3.8, 4) is 5.75 Å². The lowest BCUT2D eigenvalue weighted by Gasteiger charge is -2.12. The molecule has 7 heteroatoms. The Balaban J connectivity index is 3.05. The molecule has 0 aliphatic rings. The van der Waals surface area contributed by atoms with Gasteiger partial charge in [-0.05, 0) is 6.07 Å². The van der Waals surface area contributed by atoms with Gasteiger partial charge in [-0.1, -0.05) is 0 Å². The van der Waals surface area contributed by atoms with Crippen molar-refractivity contribution in [3.05, 3.63) is 23.5 Å². The molecular formula is C8H7F4NO2. The smallest absolute Gasteiger partial charge is 0.403 e. The third-order valence-electron chi connectivity index (χ3n) is 1.57. The molecule has 0 saturated carbocycles. The predicted octanol–water partition coefficient (Wildman–Crippen LogP) is 1.80. The summed E-state index contributed by atoms with van der Waals surface area (Å²) < 4.78 is 51.8. The highest BCUT2D eigenvalue weighted by atomic mass is 19.4. The molecule has 0 fully saturated rings. The van der Waals surface area contributed by atoms with E-state index >= 15 is 0 Å². The van der Waals surface area contributed by atoms with Crippen molar-refractivity contribution in [1.82, 2.24) is 0 Å². The minimum absolute atomic E-state index is 0.193. The number of aliphatic hydroxyl groups is 1. The summed E-state index contributed by atoms with van der Waals surface area (Å²) in [5, 5.41) is 8.61. The van der Waals surface area contributed by atoms with Gasteiger partial charge in [0.25, 0.3) is 0 Å². The fraction of sp³-hybridized carbons (Fsp3) is 0.250. The topological polar surface area (TPSA) is 55.5 Å². The summed E-state index contributed by atoms with van der Waals surface area (Å²) in [5.74, 6) is -1.83. The molecule has 15 heavy (non-hydrogen) atoms. The molecule has 0 atom stereocenters. The first kappa shape index (κ1) is 11.6. The van der Waals surface area contributed by atoms with E-state index in [0.717, 1.165) is 6.07 Å². The third kappa shape index (κ3) is 2.98. The number of nitrogen functional groups attached to an aromatic ring is 1. The highest BCUT2D eigenvalue weighted by Gasteiger charge is 2.32. The van der Waals surface area contributed by atoms with Crippen LogP contribution >= 0.6 is 0 Å². The van der Waals surface area contributed by atoms with Gasteiger partial charge in [0.2, 0.25) is 0 Å². The molecule has 1 aromatic carbocycles. The fourth-order valence-corrected chi connectivity index (χ4v) is 0.953. The molecule has 0 aliphatic heterocycles. The number of hydrogen-bond donors (Lipinski definition) is 2. The molecule has 0 aliphatic carbocycles. The summed E-state index contributed by atoms with van der Waals surface area (Å²) in [6.45, 7) is -0.650. The summed E-state index contributed by atoms with van der Waals surface area (Å²) in [5.41, 5.74) is 4.59. The zero-order valence-electron chi connectivity index (χ0n) is 7.31. The third-order valence-corrected chi connectivity index (χ3v) is 1.57. The first-order valence-corrected chi connectivity index (χ1v) is 3.78. The van der Waals surface area contributed by atoms with Crippen LogP contribution in [0.15, 0.2) is 12.1 Å². The van der Waals surface area contributed by atoms with Gasteiger partial charge in [-0.2, -0.15) is 0 Å². The highest BCUT2D eigenvalue weighted by Crippen LogP contribution is 2.30. The minimum atomic E-state index is -4.93. The monoisotopic (exact) mass is 225 g/mol. The summed E-state index contributed by atoms with van der Waals surface area (Å²) in [6, 6.07) is 1.37. The normalized spacial score (nSPS) is 11.5. The molecule has 0 bridgehead atoms. The molecule has 0 radical (unpaired) electrons. The number of hydrogen-bond acceptors (Lipinski definition) is 3. The maximum absolute atomic E-state index is 12.9. The molecule has 1 rings (SSSR count). The number of ether oxygens (including phenoxy) is 1. The fourth-order valence-electron chi connectivity index (χ4n) is 0.953. The molecule has 0 spiro atoms. The summed E-state index contributed by atoms with van der Waals surface area (Å²) in [4.78, 5) is 0. The van der Waals surface area contributed by atoms with Gasteiger partial charge in [-0.25, -0.2) is 4.39 Å². The Labute approximate surface area is 82.1 Å². The number of alkyl halides is 3. The second-order valence-corrected chi connectivity index (χ2v) is 2.69. The van der Waals surface area contributed by atoms with Gasteiger partial charge in [0.05, 0.1) is 12.3 Å². The molecule has 0 amide bonds. The lowest BCUT2D eigenvalue weighted by atomic mass is 10.2. The van der Waals surface area contributed by atoms with E-state index in [1.807, 2.05) is 0 Å². The Morgan fingerprint density at radius 1 is 1.33 bits per heavy atom. The zero-order valence-corrected chi connectivity index (χ0v) is 7.31. The van der Waals surface area contributed by atoms with Crippen LogP contribution < -0.4 is 10.5 Å². The lowest BCUT2D eigenvalue weighted by molar-refractivity contribution is -0.274. The van der Waals surface area contributed by atoms with Crippen molar-refractivity contribution in [1.29, 1.82) is 0 Å². The minimum Gasteiger partial charge on any atom is -0.403 e. The Morgan fingerprint density at radius 3 is 2.40 bits per heavy atom. The number of anilines is 1. The summed E-state index contributed by atoms with van der Waals surface area (Å²) in [7, 11) is 0. The van der Waals surface area contributed by atoms with Crippen LogP contribution in [0, 0.1) is 5.82 Å². The maximum atomic E-state index is 12.9. The van der Waals surface area contributed by atoms with Gasteiger partial charge < -0.3 is 15.6 Å². The van der Waals surface area contributed by atoms with E-state index in [1.165, 1.54) is 0 Å². The van der Waals surface area contributed by atoms with Gasteiger partial charge in [0, 0.05) is 11.6 Å². The molecule has 0 heterocycles. The zero-order chi connectivity index (χ0) is 11.6. The Kier molecular flexibility index (Phi) is 3.04. The SMILES string of the molecule is Nc1cc(CO)c(F)cc1OC(F)(F)F. The quantitative estimate of drug-likeness (QED) is 0.596. The van der Waals surface area contributed by atoms with E-state index in [-0.39, 0.29) is 5.56 Å². The first-order valence-electron chi connectivity index (χ1n) is 3.78. The average Bonchev–Trinajstić information content (AvgIpc) is 2.08. The molecule has 0 unspecified atom stereocenters. The number of aliphatic hydroxyl groups excluding tert-OH is 1. The number of nitrogens with two attached hydrogens (primary N) is 1. The standard InChI is InChI=1S/C8H7F4NO2/c9-5-2-7(15-8(10,11)12)6(13)1-4(5)3-14/h1-2,14H,3,13H2. The van der Waals surface area contributed by atoms with E-state index in [9.17, 15) is 17.6 Å². The van der Waals surface area contributed by atoms with E-state index in [0.29, 0.717) is 6.07 Å². The molecule has 0 saturated heterocycles. The molecule has 0 aromatic heterocycles. The first-order chi connectivity index (χ1) is 6.83. The molecule has 3 nitrogen and oxygen atoms in total. The van der Waals surface area contributed by atoms with Gasteiger partial charge in [0.15, 0.2) is 5.75 Å². The van der Waals surface area contributed by atoms with Crippen LogP contribution in [0.25, 0.3) is 0 Å². The van der Waals surface area contributed by atoms with E-state index in [2.05, 4.69) is 4.74 Å². The van der Waals surface area contributed by atoms with Crippen molar-refractivity contribution in [2.75, 3.05) is 5.73 Å². The lowest BCUT2D eigenvalue weighted by Crippen LogP contribution is -2.18. The van der Waals surface area contributed by atoms with Gasteiger partial charge in [-0.15, -0.1) is 13.2 Å². The highest BCUT2D eigenvalue weighted by molar-refractivity contribution is 5.54. The Hall–Kier alpha value is -1.50. The molecule has 1 aromatic rings. The van der Waals surface area contributed by atoms with Crippen molar-refractivity contribution >= 4 is 5.69 Å². The Morgan fingerprint density at radius 2 is 1.93 bits per heavy atom. The summed E-state index contributed by atoms with van der Waals surface area (Å²) in [6.07, 6.45) is -4.93. The number of rotatable bonds is 2.